The van der Waals surface area contributed by atoms with E-state index >= 15 is 0 Å². The van der Waals surface area contributed by atoms with Crippen molar-refractivity contribution in [3.8, 4) is 22.3 Å². The minimum absolute atomic E-state index is 0.0974. The molecule has 124 heavy (non-hydrogen) atoms. The van der Waals surface area contributed by atoms with E-state index in [9.17, 15) is 0 Å². The maximum absolute atomic E-state index is 2.56. The van der Waals surface area contributed by atoms with Crippen molar-refractivity contribution in [3.63, 3.8) is 0 Å². The standard InChI is InChI=1S/2C18H20.4C12H22.2C11H26Si.2C7H18Si/c2*1-17(2,3)18(4)15-11-7-5-9-13(15)14-10-6-8-12-16(14)18;4*1-11(2)9-5-7-10(8-6-9)12(11,3)4;2*1-9(2)12(8,10(3)4)11(5,6)7;2*1-7(2,3)8(4,5)6/h2*5-12H,1-4H3;4*9-10H,5-8H2,1-4H3;2*9-10H,1-8H3;2*1-6H3. The van der Waals surface area contributed by atoms with Gasteiger partial charge in [-0.25, -0.2) is 0 Å². The number of fused-ring (bicyclic) bond motifs is 18. The summed E-state index contributed by atoms with van der Waals surface area (Å²) in [4.78, 5) is 0. The van der Waals surface area contributed by atoms with E-state index in [0.29, 0.717) is 63.5 Å². The molecule has 0 unspecified atom stereocenters. The fraction of sp³-hybridized carbons (Fsp3) is 0.800. The second kappa shape index (κ2) is 39.4. The summed E-state index contributed by atoms with van der Waals surface area (Å²) in [6.07, 6.45) is 24.0. The van der Waals surface area contributed by atoms with E-state index in [1.165, 1.54) is 147 Å². The van der Waals surface area contributed by atoms with Gasteiger partial charge in [-0.1, -0.05) is 476 Å². The zero-order valence-electron chi connectivity index (χ0n) is 93.5. The first kappa shape index (κ1) is 112. The van der Waals surface area contributed by atoms with Gasteiger partial charge in [0.05, 0.1) is 16.1 Å². The van der Waals surface area contributed by atoms with Crippen LogP contribution in [0.1, 0.15) is 430 Å². The second-order valence-electron chi connectivity index (χ2n) is 57.6. The fourth-order valence-electron chi connectivity index (χ4n) is 25.7. The molecule has 0 nitrogen and oxygen atoms in total. The van der Waals surface area contributed by atoms with Crippen molar-refractivity contribution in [1.29, 1.82) is 0 Å². The van der Waals surface area contributed by atoms with Gasteiger partial charge in [0.25, 0.3) is 0 Å². The lowest BCUT2D eigenvalue weighted by Gasteiger charge is -2.60. The van der Waals surface area contributed by atoms with Crippen LogP contribution >= 0.6 is 0 Å². The van der Waals surface area contributed by atoms with Gasteiger partial charge in [-0.05, 0) is 269 Å². The lowest BCUT2D eigenvalue weighted by atomic mass is 9.45. The van der Waals surface area contributed by atoms with Gasteiger partial charge in [0.1, 0.15) is 0 Å². The number of rotatable bonds is 4. The molecule has 14 aliphatic rings. The Balaban J connectivity index is 0.000000247. The summed E-state index contributed by atoms with van der Waals surface area (Å²) >= 11 is 0. The van der Waals surface area contributed by atoms with E-state index in [2.05, 4.69) is 454 Å². The molecule has 0 aromatic heterocycles. The molecular formula is C120H216Si4. The molecule has 8 bridgehead atoms. The molecule has 0 spiro atoms. The van der Waals surface area contributed by atoms with Gasteiger partial charge >= 0.3 is 0 Å². The molecule has 18 rings (SSSR count). The molecule has 712 valence electrons. The first-order valence-electron chi connectivity index (χ1n) is 51.9. The molecule has 4 aromatic rings. The Kier molecular flexibility index (Phi) is 35.6. The maximum atomic E-state index is 2.56. The minimum Gasteiger partial charge on any atom is -0.0692 e. The third kappa shape index (κ3) is 22.2. The summed E-state index contributed by atoms with van der Waals surface area (Å²) in [5.74, 6) is 8.09. The van der Waals surface area contributed by atoms with Crippen molar-refractivity contribution in [1.82, 2.24) is 0 Å². The van der Waals surface area contributed by atoms with Crippen LogP contribution in [0.5, 0.6) is 0 Å². The fourth-order valence-corrected chi connectivity index (χ4v) is 35.3. The summed E-state index contributed by atoms with van der Waals surface area (Å²) in [6.45, 7) is 126. The van der Waals surface area contributed by atoms with E-state index in [4.69, 9.17) is 0 Å². The monoisotopic (exact) mass is 1770 g/mol. The Morgan fingerprint density at radius 3 is 0.395 bits per heavy atom. The third-order valence-electron chi connectivity index (χ3n) is 43.7. The molecule has 12 fully saturated rings. The van der Waals surface area contributed by atoms with Crippen LogP contribution in [0.2, 0.25) is 94.7 Å². The molecule has 0 amide bonds. The van der Waals surface area contributed by atoms with E-state index in [-0.39, 0.29) is 21.7 Å². The Morgan fingerprint density at radius 2 is 0.323 bits per heavy atom. The van der Waals surface area contributed by atoms with Crippen molar-refractivity contribution >= 4 is 32.3 Å². The van der Waals surface area contributed by atoms with Crippen LogP contribution in [0, 0.1) is 101 Å². The average Bonchev–Trinajstić information content (AvgIpc) is 1.55. The average molecular weight is 1770 g/mol. The molecule has 0 heterocycles. The zero-order chi connectivity index (χ0) is 96.2. The van der Waals surface area contributed by atoms with E-state index in [1.807, 2.05) is 0 Å². The van der Waals surface area contributed by atoms with Crippen molar-refractivity contribution < 1.29 is 0 Å². The quantitative estimate of drug-likeness (QED) is 0.179. The van der Waals surface area contributed by atoms with Gasteiger partial charge in [-0.3, -0.25) is 0 Å². The second-order valence-corrected chi connectivity index (χ2v) is 82.3. The first-order valence-corrected chi connectivity index (χ1v) is 64.2. The van der Waals surface area contributed by atoms with Gasteiger partial charge in [-0.2, -0.15) is 0 Å². The number of benzene rings is 4. The Hall–Kier alpha value is -2.25. The molecule has 0 N–H and O–H groups in total. The summed E-state index contributed by atoms with van der Waals surface area (Å²) < 4.78 is 0. The lowest BCUT2D eigenvalue weighted by Crippen LogP contribution is -2.51. The van der Waals surface area contributed by atoms with Gasteiger partial charge in [0, 0.05) is 27.0 Å². The summed E-state index contributed by atoms with van der Waals surface area (Å²) in [5.41, 5.74) is 20.4. The van der Waals surface area contributed by atoms with Crippen LogP contribution in [0.3, 0.4) is 0 Å². The molecule has 4 aromatic carbocycles. The summed E-state index contributed by atoms with van der Waals surface area (Å²) in [6, 6.07) is 35.4. The molecule has 4 heteroatoms. The van der Waals surface area contributed by atoms with Crippen LogP contribution in [-0.2, 0) is 10.8 Å². The molecule has 0 radical (unpaired) electrons. The van der Waals surface area contributed by atoms with Crippen LogP contribution in [0.15, 0.2) is 97.1 Å². The SMILES string of the molecule is CC(C)(C)C1(C)c2ccccc2-c2ccccc21.CC(C)(C)C1(C)c2ccccc2-c2ccccc21.CC(C)(C)[Si](C)(C)C.CC(C)(C)[Si](C)(C)C.CC(C)[Si](C)(C(C)C)C(C)(C)C.CC(C)[Si](C)(C(C)C)C(C)(C)C.CC1(C)C2CCC(CC2)C1(C)C.CC1(C)C2CCC(CC2)C1(C)C.CC1(C)C2CCC(CC2)C1(C)C.CC1(C)C2CCC(CC2)C1(C)C. The highest BCUT2D eigenvalue weighted by molar-refractivity contribution is 6.84. The highest BCUT2D eigenvalue weighted by atomic mass is 28.3. The van der Waals surface area contributed by atoms with Crippen molar-refractivity contribution in [2.75, 3.05) is 0 Å². The van der Waals surface area contributed by atoms with Crippen molar-refractivity contribution in [2.45, 2.75) is 513 Å². The van der Waals surface area contributed by atoms with Gasteiger partial charge in [0.2, 0.25) is 0 Å². The number of hydrogen-bond acceptors (Lipinski definition) is 0. The predicted molar refractivity (Wildman–Crippen MR) is 577 cm³/mol. The highest BCUT2D eigenvalue weighted by Crippen LogP contribution is 2.67. The van der Waals surface area contributed by atoms with E-state index in [0.717, 1.165) is 69.5 Å². The van der Waals surface area contributed by atoms with Crippen molar-refractivity contribution in [2.24, 2.45) is 101 Å². The van der Waals surface area contributed by atoms with E-state index in [1.54, 1.807) is 0 Å². The Bertz CT molecular complexity index is 3390. The third-order valence-corrected chi connectivity index (χ3v) is 68.7. The smallest absolute Gasteiger partial charge is 0.0610 e. The molecule has 0 atom stereocenters. The maximum Gasteiger partial charge on any atom is 0.0610 e. The molecule has 14 aliphatic carbocycles. The topological polar surface area (TPSA) is 0 Å². The summed E-state index contributed by atoms with van der Waals surface area (Å²) in [5, 5.41) is 2.23. The zero-order valence-corrected chi connectivity index (χ0v) is 97.5. The minimum atomic E-state index is -1.11. The van der Waals surface area contributed by atoms with Crippen molar-refractivity contribution in [3.05, 3.63) is 119 Å². The Morgan fingerprint density at radius 1 is 0.210 bits per heavy atom. The molecular weight excluding hydrogens is 1550 g/mol. The van der Waals surface area contributed by atoms with Gasteiger partial charge in [0.15, 0.2) is 0 Å². The van der Waals surface area contributed by atoms with Crippen LogP contribution in [0.25, 0.3) is 22.3 Å². The molecule has 0 aliphatic heterocycles. The highest BCUT2D eigenvalue weighted by Gasteiger charge is 2.59. The van der Waals surface area contributed by atoms with Gasteiger partial charge in [-0.15, -0.1) is 0 Å². The summed E-state index contributed by atoms with van der Waals surface area (Å²) in [7, 11) is -3.93. The first-order chi connectivity index (χ1) is 55.5. The number of hydrogen-bond donors (Lipinski definition) is 0. The predicted octanol–water partition coefficient (Wildman–Crippen LogP) is 41.1. The van der Waals surface area contributed by atoms with Crippen LogP contribution < -0.4 is 0 Å². The van der Waals surface area contributed by atoms with E-state index < -0.39 is 32.3 Å². The van der Waals surface area contributed by atoms with Gasteiger partial charge < -0.3 is 0 Å². The normalized spacial score (nSPS) is 26.0. The van der Waals surface area contributed by atoms with Crippen LogP contribution in [-0.4, -0.2) is 32.3 Å². The molecule has 12 saturated carbocycles. The van der Waals surface area contributed by atoms with Crippen LogP contribution in [0.4, 0.5) is 0 Å². The lowest BCUT2D eigenvalue weighted by molar-refractivity contribution is -0.104. The largest absolute Gasteiger partial charge is 0.0692 e. The molecule has 0 saturated heterocycles. The Labute approximate surface area is 782 Å².